The van der Waals surface area contributed by atoms with E-state index in [0.29, 0.717) is 0 Å². The molecule has 0 aliphatic rings. The molecule has 5 heteroatoms. The summed E-state index contributed by atoms with van der Waals surface area (Å²) < 4.78 is 38.0. The van der Waals surface area contributed by atoms with Gasteiger partial charge in [-0.15, -0.1) is 0 Å². The first-order valence-corrected chi connectivity index (χ1v) is 5.26. The van der Waals surface area contributed by atoms with Gasteiger partial charge in [-0.2, -0.15) is 0 Å². The van der Waals surface area contributed by atoms with Crippen molar-refractivity contribution in [2.75, 3.05) is 5.75 Å². The van der Waals surface area contributed by atoms with Gasteiger partial charge in [-0.05, 0) is 12.1 Å². The number of hydrogen-bond donors (Lipinski definition) is 0. The Morgan fingerprint density at radius 1 is 1.31 bits per heavy atom. The third-order valence-corrected chi connectivity index (χ3v) is 2.26. The van der Waals surface area contributed by atoms with Crippen LogP contribution in [0.25, 0.3) is 0 Å². The SMILES string of the molecule is CC(=O)SCC#Cc1cc(F)c(F)c(F)c1. The molecule has 0 saturated heterocycles. The van der Waals surface area contributed by atoms with Gasteiger partial charge in [0.05, 0.1) is 5.75 Å². The summed E-state index contributed by atoms with van der Waals surface area (Å²) in [6.07, 6.45) is 0. The maximum absolute atomic E-state index is 12.7. The normalized spacial score (nSPS) is 9.50. The number of benzene rings is 1. The lowest BCUT2D eigenvalue weighted by Crippen LogP contribution is -1.91. The molecule has 0 unspecified atom stereocenters. The van der Waals surface area contributed by atoms with Crippen LogP contribution < -0.4 is 0 Å². The van der Waals surface area contributed by atoms with Crippen LogP contribution in [0.5, 0.6) is 0 Å². The van der Waals surface area contributed by atoms with Crippen LogP contribution in [0, 0.1) is 29.3 Å². The lowest BCUT2D eigenvalue weighted by atomic mass is 10.2. The van der Waals surface area contributed by atoms with Crippen LogP contribution in [0.2, 0.25) is 0 Å². The molecule has 0 bridgehead atoms. The van der Waals surface area contributed by atoms with E-state index in [9.17, 15) is 18.0 Å². The molecule has 84 valence electrons. The monoisotopic (exact) mass is 244 g/mol. The topological polar surface area (TPSA) is 17.1 Å². The average Bonchev–Trinajstić information content (AvgIpc) is 2.20. The molecule has 1 aromatic carbocycles. The molecular weight excluding hydrogens is 237 g/mol. The molecule has 0 heterocycles. The van der Waals surface area contributed by atoms with E-state index in [0.717, 1.165) is 23.9 Å². The molecule has 1 aromatic rings. The molecule has 0 amide bonds. The molecular formula is C11H7F3OS. The van der Waals surface area contributed by atoms with E-state index in [1.165, 1.54) is 6.92 Å². The highest BCUT2D eigenvalue weighted by molar-refractivity contribution is 8.13. The van der Waals surface area contributed by atoms with Crippen molar-refractivity contribution in [1.29, 1.82) is 0 Å². The molecule has 0 aliphatic carbocycles. The van der Waals surface area contributed by atoms with Crippen molar-refractivity contribution in [3.05, 3.63) is 35.1 Å². The van der Waals surface area contributed by atoms with Crippen molar-refractivity contribution < 1.29 is 18.0 Å². The van der Waals surface area contributed by atoms with Gasteiger partial charge in [-0.25, -0.2) is 13.2 Å². The molecule has 0 saturated carbocycles. The molecule has 0 fully saturated rings. The van der Waals surface area contributed by atoms with Crippen LogP contribution in [-0.4, -0.2) is 10.9 Å². The number of hydrogen-bond acceptors (Lipinski definition) is 2. The summed E-state index contributed by atoms with van der Waals surface area (Å²) in [5.74, 6) is 1.15. The first kappa shape index (κ1) is 12.7. The summed E-state index contributed by atoms with van der Waals surface area (Å²) in [5, 5.41) is -0.0919. The molecule has 1 rings (SSSR count). The number of halogens is 3. The fraction of sp³-hybridized carbons (Fsp3) is 0.182. The highest BCUT2D eigenvalue weighted by Crippen LogP contribution is 2.12. The Kier molecular flexibility index (Phi) is 4.44. The summed E-state index contributed by atoms with van der Waals surface area (Å²) in [7, 11) is 0. The smallest absolute Gasteiger partial charge is 0.194 e. The third-order valence-electron chi connectivity index (χ3n) is 1.56. The van der Waals surface area contributed by atoms with Crippen LogP contribution in [0.15, 0.2) is 12.1 Å². The summed E-state index contributed by atoms with van der Waals surface area (Å²) in [6, 6.07) is 1.62. The van der Waals surface area contributed by atoms with Crippen molar-refractivity contribution in [3.63, 3.8) is 0 Å². The molecule has 1 nitrogen and oxygen atoms in total. The van der Waals surface area contributed by atoms with Gasteiger partial charge in [0, 0.05) is 12.5 Å². The first-order valence-electron chi connectivity index (χ1n) is 4.27. The summed E-state index contributed by atoms with van der Waals surface area (Å²) in [5.41, 5.74) is 0.0422. The van der Waals surface area contributed by atoms with E-state index in [-0.39, 0.29) is 16.4 Å². The Morgan fingerprint density at radius 2 is 1.88 bits per heavy atom. The highest BCUT2D eigenvalue weighted by atomic mass is 32.2. The minimum Gasteiger partial charge on any atom is -0.288 e. The zero-order chi connectivity index (χ0) is 12.1. The van der Waals surface area contributed by atoms with Gasteiger partial charge in [0.1, 0.15) is 0 Å². The van der Waals surface area contributed by atoms with Crippen LogP contribution in [-0.2, 0) is 4.79 Å². The van der Waals surface area contributed by atoms with Gasteiger partial charge in [0.15, 0.2) is 22.6 Å². The van der Waals surface area contributed by atoms with Crippen molar-refractivity contribution >= 4 is 16.9 Å². The fourth-order valence-corrected chi connectivity index (χ4v) is 1.25. The molecule has 0 N–H and O–H groups in total. The standard InChI is InChI=1S/C11H7F3OS/c1-7(15)16-4-2-3-8-5-9(12)11(14)10(13)6-8/h5-6H,4H2,1H3. The molecule has 0 aliphatic heterocycles. The molecule has 0 spiro atoms. The van der Waals surface area contributed by atoms with E-state index < -0.39 is 17.5 Å². The first-order chi connectivity index (χ1) is 7.50. The van der Waals surface area contributed by atoms with E-state index in [4.69, 9.17) is 0 Å². The Morgan fingerprint density at radius 3 is 2.38 bits per heavy atom. The van der Waals surface area contributed by atoms with Crippen molar-refractivity contribution in [2.24, 2.45) is 0 Å². The van der Waals surface area contributed by atoms with Crippen LogP contribution >= 0.6 is 11.8 Å². The Bertz CT molecular complexity index is 451. The van der Waals surface area contributed by atoms with Crippen molar-refractivity contribution in [1.82, 2.24) is 0 Å². The second kappa shape index (κ2) is 5.61. The van der Waals surface area contributed by atoms with Crippen LogP contribution in [0.4, 0.5) is 13.2 Å². The average molecular weight is 244 g/mol. The zero-order valence-electron chi connectivity index (χ0n) is 8.31. The third kappa shape index (κ3) is 3.63. The van der Waals surface area contributed by atoms with E-state index in [1.807, 2.05) is 0 Å². The Balaban J connectivity index is 2.78. The zero-order valence-corrected chi connectivity index (χ0v) is 9.13. The molecule has 0 radical (unpaired) electrons. The lowest BCUT2D eigenvalue weighted by molar-refractivity contribution is -0.109. The number of carbonyl (C=O) groups is 1. The maximum Gasteiger partial charge on any atom is 0.194 e. The minimum atomic E-state index is -1.51. The fourth-order valence-electron chi connectivity index (χ4n) is 0.904. The predicted molar refractivity (Wildman–Crippen MR) is 56.3 cm³/mol. The Hall–Kier alpha value is -1.41. The van der Waals surface area contributed by atoms with Crippen LogP contribution in [0.1, 0.15) is 12.5 Å². The predicted octanol–water partition coefficient (Wildman–Crippen LogP) is 2.74. The summed E-state index contributed by atoms with van der Waals surface area (Å²) in [6.45, 7) is 1.39. The van der Waals surface area contributed by atoms with Crippen molar-refractivity contribution in [2.45, 2.75) is 6.92 Å². The quantitative estimate of drug-likeness (QED) is 0.558. The van der Waals surface area contributed by atoms with E-state index in [1.54, 1.807) is 0 Å². The maximum atomic E-state index is 12.7. The number of rotatable bonds is 1. The van der Waals surface area contributed by atoms with Gasteiger partial charge in [-0.3, -0.25) is 4.79 Å². The summed E-state index contributed by atoms with van der Waals surface area (Å²) in [4.78, 5) is 10.5. The number of carbonyl (C=O) groups excluding carboxylic acids is 1. The van der Waals surface area contributed by atoms with Gasteiger partial charge < -0.3 is 0 Å². The summed E-state index contributed by atoms with van der Waals surface area (Å²) >= 11 is 0.988. The van der Waals surface area contributed by atoms with Gasteiger partial charge >= 0.3 is 0 Å². The lowest BCUT2D eigenvalue weighted by Gasteiger charge is -1.95. The van der Waals surface area contributed by atoms with Gasteiger partial charge in [0.2, 0.25) is 0 Å². The second-order valence-corrected chi connectivity index (χ2v) is 3.99. The van der Waals surface area contributed by atoms with E-state index >= 15 is 0 Å². The number of thioether (sulfide) groups is 1. The van der Waals surface area contributed by atoms with E-state index in [2.05, 4.69) is 11.8 Å². The second-order valence-electron chi connectivity index (χ2n) is 2.84. The van der Waals surface area contributed by atoms with Gasteiger partial charge in [0.25, 0.3) is 0 Å². The van der Waals surface area contributed by atoms with Gasteiger partial charge in [-0.1, -0.05) is 23.6 Å². The molecule has 16 heavy (non-hydrogen) atoms. The van der Waals surface area contributed by atoms with Crippen LogP contribution in [0.3, 0.4) is 0 Å². The Labute approximate surface area is 95.0 Å². The molecule has 0 aromatic heterocycles. The minimum absolute atomic E-state index is 0.0422. The largest absolute Gasteiger partial charge is 0.288 e. The highest BCUT2D eigenvalue weighted by Gasteiger charge is 2.08. The van der Waals surface area contributed by atoms with Crippen molar-refractivity contribution in [3.8, 4) is 11.8 Å². The molecule has 0 atom stereocenters.